The van der Waals surface area contributed by atoms with Gasteiger partial charge in [0.25, 0.3) is 0 Å². The summed E-state index contributed by atoms with van der Waals surface area (Å²) in [6, 6.07) is 5.71. The molecule has 7 heteroatoms. The average Bonchev–Trinajstić information content (AvgIpc) is 2.58. The summed E-state index contributed by atoms with van der Waals surface area (Å²) >= 11 is 0. The van der Waals surface area contributed by atoms with Gasteiger partial charge in [-0.3, -0.25) is 9.59 Å². The van der Waals surface area contributed by atoms with Gasteiger partial charge in [-0.1, -0.05) is 0 Å². The summed E-state index contributed by atoms with van der Waals surface area (Å²) in [5, 5.41) is 0. The lowest BCUT2D eigenvalue weighted by Crippen LogP contribution is -2.47. The number of rotatable bonds is 9. The number of Topliss-reactive ketones (excluding diaryl/α,β-unsaturated/α-hetero) is 1. The highest BCUT2D eigenvalue weighted by Gasteiger charge is 2.31. The monoisotopic (exact) mass is 337 g/mol. The molecule has 1 aromatic rings. The zero-order valence-electron chi connectivity index (χ0n) is 14.4. The van der Waals surface area contributed by atoms with Crippen LogP contribution in [0.25, 0.3) is 0 Å². The van der Waals surface area contributed by atoms with E-state index in [9.17, 15) is 14.4 Å². The number of benzene rings is 1. The molecular formula is C17H23NO6. The van der Waals surface area contributed by atoms with E-state index in [1.807, 2.05) is 0 Å². The van der Waals surface area contributed by atoms with E-state index < -0.39 is 18.0 Å². The summed E-state index contributed by atoms with van der Waals surface area (Å²) in [6.45, 7) is 3.44. The summed E-state index contributed by atoms with van der Waals surface area (Å²) in [4.78, 5) is 37.2. The van der Waals surface area contributed by atoms with Gasteiger partial charge in [0.15, 0.2) is 11.8 Å². The fourth-order valence-electron chi connectivity index (χ4n) is 2.25. The standard InChI is InChI=1S/C17H23NO6/c1-5-24-15(20)10-11-18(16(12(2)19)17(21)23-4)13-6-8-14(22-3)9-7-13/h6-9,16H,5,10-11H2,1-4H3. The topological polar surface area (TPSA) is 82.1 Å². The smallest absolute Gasteiger partial charge is 0.336 e. The molecular weight excluding hydrogens is 314 g/mol. The molecule has 0 aliphatic heterocycles. The van der Waals surface area contributed by atoms with Crippen LogP contribution in [0.3, 0.4) is 0 Å². The van der Waals surface area contributed by atoms with Crippen LogP contribution in [0.4, 0.5) is 5.69 Å². The average molecular weight is 337 g/mol. The van der Waals surface area contributed by atoms with Crippen molar-refractivity contribution in [3.05, 3.63) is 24.3 Å². The lowest BCUT2D eigenvalue weighted by molar-refractivity contribution is -0.146. The summed E-state index contributed by atoms with van der Waals surface area (Å²) in [5.74, 6) is -0.812. The number of nitrogens with zero attached hydrogens (tertiary/aromatic N) is 1. The third-order valence-corrected chi connectivity index (χ3v) is 3.39. The van der Waals surface area contributed by atoms with Crippen LogP contribution in [-0.2, 0) is 23.9 Å². The van der Waals surface area contributed by atoms with E-state index in [1.165, 1.54) is 18.9 Å². The highest BCUT2D eigenvalue weighted by Crippen LogP contribution is 2.22. The predicted octanol–water partition coefficient (Wildman–Crippen LogP) is 1.59. The molecule has 0 heterocycles. The molecule has 0 bridgehead atoms. The van der Waals surface area contributed by atoms with Crippen molar-refractivity contribution in [2.75, 3.05) is 32.3 Å². The van der Waals surface area contributed by atoms with Crippen molar-refractivity contribution in [2.45, 2.75) is 26.3 Å². The molecule has 1 aromatic carbocycles. The number of ketones is 1. The van der Waals surface area contributed by atoms with Crippen molar-refractivity contribution in [1.29, 1.82) is 0 Å². The van der Waals surface area contributed by atoms with Crippen LogP contribution >= 0.6 is 0 Å². The highest BCUT2D eigenvalue weighted by atomic mass is 16.5. The Balaban J connectivity index is 3.10. The van der Waals surface area contributed by atoms with Crippen LogP contribution in [0.5, 0.6) is 5.75 Å². The van der Waals surface area contributed by atoms with E-state index >= 15 is 0 Å². The zero-order valence-corrected chi connectivity index (χ0v) is 14.4. The molecule has 0 aliphatic carbocycles. The van der Waals surface area contributed by atoms with Gasteiger partial charge in [0, 0.05) is 12.2 Å². The molecule has 0 radical (unpaired) electrons. The second-order valence-corrected chi connectivity index (χ2v) is 4.98. The maximum Gasteiger partial charge on any atom is 0.336 e. The Hall–Kier alpha value is -2.57. The van der Waals surface area contributed by atoms with E-state index in [0.717, 1.165) is 0 Å². The van der Waals surface area contributed by atoms with Gasteiger partial charge in [0.1, 0.15) is 5.75 Å². The Morgan fingerprint density at radius 3 is 2.21 bits per heavy atom. The molecule has 0 amide bonds. The molecule has 0 spiro atoms. The molecule has 24 heavy (non-hydrogen) atoms. The Bertz CT molecular complexity index is 569. The molecule has 1 atom stereocenters. The number of hydrogen-bond donors (Lipinski definition) is 0. The third kappa shape index (κ3) is 5.26. The molecule has 0 aromatic heterocycles. The predicted molar refractivity (Wildman–Crippen MR) is 88.1 cm³/mol. The van der Waals surface area contributed by atoms with Gasteiger partial charge >= 0.3 is 11.9 Å². The maximum atomic E-state index is 12.0. The first-order chi connectivity index (χ1) is 11.4. The Morgan fingerprint density at radius 2 is 1.75 bits per heavy atom. The first-order valence-electron chi connectivity index (χ1n) is 7.59. The molecule has 0 aliphatic rings. The Kier molecular flexibility index (Phi) is 7.74. The SMILES string of the molecule is CCOC(=O)CCN(c1ccc(OC)cc1)C(C(C)=O)C(=O)OC. The molecule has 0 fully saturated rings. The van der Waals surface area contributed by atoms with Crippen molar-refractivity contribution >= 4 is 23.4 Å². The minimum atomic E-state index is -1.13. The van der Waals surface area contributed by atoms with E-state index in [0.29, 0.717) is 11.4 Å². The molecule has 0 N–H and O–H groups in total. The number of hydrogen-bond acceptors (Lipinski definition) is 7. The van der Waals surface area contributed by atoms with Gasteiger partial charge in [-0.2, -0.15) is 0 Å². The normalized spacial score (nSPS) is 11.3. The third-order valence-electron chi connectivity index (χ3n) is 3.39. The largest absolute Gasteiger partial charge is 0.497 e. The van der Waals surface area contributed by atoms with Crippen LogP contribution < -0.4 is 9.64 Å². The number of anilines is 1. The summed E-state index contributed by atoms with van der Waals surface area (Å²) < 4.78 is 14.7. The first kappa shape index (κ1) is 19.5. The van der Waals surface area contributed by atoms with Gasteiger partial charge in [0.2, 0.25) is 0 Å². The quantitative estimate of drug-likeness (QED) is 0.500. The first-order valence-corrected chi connectivity index (χ1v) is 7.59. The van der Waals surface area contributed by atoms with E-state index in [-0.39, 0.29) is 25.4 Å². The van der Waals surface area contributed by atoms with Crippen LogP contribution in [-0.4, -0.2) is 51.1 Å². The molecule has 7 nitrogen and oxygen atoms in total. The zero-order chi connectivity index (χ0) is 18.1. The summed E-state index contributed by atoms with van der Waals surface area (Å²) in [7, 11) is 2.76. The molecule has 0 saturated heterocycles. The Labute approximate surface area is 141 Å². The summed E-state index contributed by atoms with van der Waals surface area (Å²) in [6.07, 6.45) is 0.0423. The van der Waals surface area contributed by atoms with Crippen LogP contribution in [0.2, 0.25) is 0 Å². The lowest BCUT2D eigenvalue weighted by Gasteiger charge is -2.30. The molecule has 132 valence electrons. The maximum absolute atomic E-state index is 12.0. The van der Waals surface area contributed by atoms with Crippen LogP contribution in [0.15, 0.2) is 24.3 Å². The van der Waals surface area contributed by atoms with Gasteiger partial charge in [0.05, 0.1) is 27.2 Å². The second-order valence-electron chi connectivity index (χ2n) is 4.98. The fraction of sp³-hybridized carbons (Fsp3) is 0.471. The fourth-order valence-corrected chi connectivity index (χ4v) is 2.25. The van der Waals surface area contributed by atoms with Crippen molar-refractivity contribution in [3.63, 3.8) is 0 Å². The van der Waals surface area contributed by atoms with Crippen LogP contribution in [0, 0.1) is 0 Å². The number of esters is 2. The minimum absolute atomic E-state index is 0.0423. The van der Waals surface area contributed by atoms with E-state index in [2.05, 4.69) is 0 Å². The van der Waals surface area contributed by atoms with Crippen molar-refractivity contribution in [1.82, 2.24) is 0 Å². The van der Waals surface area contributed by atoms with Gasteiger partial charge in [-0.05, 0) is 38.1 Å². The number of carbonyl (C=O) groups excluding carboxylic acids is 3. The summed E-state index contributed by atoms with van der Waals surface area (Å²) in [5.41, 5.74) is 0.602. The molecule has 1 rings (SSSR count). The van der Waals surface area contributed by atoms with E-state index in [1.54, 1.807) is 38.3 Å². The van der Waals surface area contributed by atoms with E-state index in [4.69, 9.17) is 14.2 Å². The molecule has 0 saturated carbocycles. The molecule has 1 unspecified atom stereocenters. The van der Waals surface area contributed by atoms with Crippen LogP contribution in [0.1, 0.15) is 20.3 Å². The lowest BCUT2D eigenvalue weighted by atomic mass is 10.1. The van der Waals surface area contributed by atoms with Gasteiger partial charge in [-0.15, -0.1) is 0 Å². The minimum Gasteiger partial charge on any atom is -0.497 e. The van der Waals surface area contributed by atoms with Gasteiger partial charge in [-0.25, -0.2) is 4.79 Å². The van der Waals surface area contributed by atoms with Gasteiger partial charge < -0.3 is 19.1 Å². The number of carbonyl (C=O) groups is 3. The highest BCUT2D eigenvalue weighted by molar-refractivity contribution is 6.05. The number of methoxy groups -OCH3 is 2. The van der Waals surface area contributed by atoms with Crippen molar-refractivity contribution in [2.24, 2.45) is 0 Å². The van der Waals surface area contributed by atoms with Crippen molar-refractivity contribution in [3.8, 4) is 5.75 Å². The number of ether oxygens (including phenoxy) is 3. The Morgan fingerprint density at radius 1 is 1.12 bits per heavy atom. The van der Waals surface area contributed by atoms with Crippen molar-refractivity contribution < 1.29 is 28.6 Å². The second kappa shape index (κ2) is 9.54.